The highest BCUT2D eigenvalue weighted by Crippen LogP contribution is 2.44. The Labute approximate surface area is 178 Å². The maximum absolute atomic E-state index is 13.1. The molecule has 0 bridgehead atoms. The molecule has 1 aliphatic heterocycles. The molecule has 0 saturated carbocycles. The third-order valence-electron chi connectivity index (χ3n) is 5.04. The SMILES string of the molecule is CCOc1cc([C@H]2C(C#N)=C(N)Oc3n[nH]c(C)c32)ccc1OCc1ccc(F)cc1. The first-order chi connectivity index (χ1) is 15.0. The Balaban J connectivity index is 1.69. The minimum Gasteiger partial charge on any atom is -0.490 e. The number of hydrogen-bond donors (Lipinski definition) is 2. The summed E-state index contributed by atoms with van der Waals surface area (Å²) in [6.07, 6.45) is 0. The van der Waals surface area contributed by atoms with E-state index in [0.717, 1.165) is 22.4 Å². The fraction of sp³-hybridized carbons (Fsp3) is 0.217. The highest BCUT2D eigenvalue weighted by molar-refractivity contribution is 5.57. The molecule has 0 saturated heterocycles. The van der Waals surface area contributed by atoms with Crippen LogP contribution in [-0.2, 0) is 6.61 Å². The molecular weight excluding hydrogens is 399 g/mol. The number of ether oxygens (including phenoxy) is 3. The van der Waals surface area contributed by atoms with Crippen LogP contribution in [-0.4, -0.2) is 16.8 Å². The van der Waals surface area contributed by atoms with Crippen molar-refractivity contribution in [3.63, 3.8) is 0 Å². The fourth-order valence-electron chi connectivity index (χ4n) is 3.57. The van der Waals surface area contributed by atoms with E-state index in [1.54, 1.807) is 18.2 Å². The van der Waals surface area contributed by atoms with Crippen molar-refractivity contribution in [1.82, 2.24) is 10.2 Å². The van der Waals surface area contributed by atoms with E-state index >= 15 is 0 Å². The summed E-state index contributed by atoms with van der Waals surface area (Å²) in [5.41, 5.74) is 9.47. The maximum atomic E-state index is 13.1. The third-order valence-corrected chi connectivity index (χ3v) is 5.04. The van der Waals surface area contributed by atoms with Crippen LogP contribution in [0.25, 0.3) is 0 Å². The second-order valence-corrected chi connectivity index (χ2v) is 7.05. The summed E-state index contributed by atoms with van der Waals surface area (Å²) in [7, 11) is 0. The molecule has 2 aromatic carbocycles. The van der Waals surface area contributed by atoms with Crippen LogP contribution in [0.1, 0.15) is 35.2 Å². The van der Waals surface area contributed by atoms with Crippen molar-refractivity contribution in [2.45, 2.75) is 26.4 Å². The summed E-state index contributed by atoms with van der Waals surface area (Å²) in [6, 6.07) is 13.8. The number of allylic oxidation sites excluding steroid dienone is 1. The summed E-state index contributed by atoms with van der Waals surface area (Å²) in [4.78, 5) is 0. The molecule has 8 heteroatoms. The zero-order valence-electron chi connectivity index (χ0n) is 17.1. The molecule has 0 amide bonds. The lowest BCUT2D eigenvalue weighted by Gasteiger charge is -2.24. The second kappa shape index (κ2) is 8.40. The summed E-state index contributed by atoms with van der Waals surface area (Å²) in [6.45, 7) is 4.44. The van der Waals surface area contributed by atoms with Crippen LogP contribution in [0.15, 0.2) is 53.9 Å². The van der Waals surface area contributed by atoms with Gasteiger partial charge in [0.25, 0.3) is 0 Å². The number of fused-ring (bicyclic) bond motifs is 1. The van der Waals surface area contributed by atoms with E-state index in [9.17, 15) is 9.65 Å². The van der Waals surface area contributed by atoms with Gasteiger partial charge in [-0.1, -0.05) is 18.2 Å². The summed E-state index contributed by atoms with van der Waals surface area (Å²) < 4.78 is 30.4. The van der Waals surface area contributed by atoms with Gasteiger partial charge in [-0.25, -0.2) is 4.39 Å². The van der Waals surface area contributed by atoms with Gasteiger partial charge in [0.15, 0.2) is 11.5 Å². The van der Waals surface area contributed by atoms with Gasteiger partial charge >= 0.3 is 0 Å². The average molecular weight is 420 g/mol. The van der Waals surface area contributed by atoms with Crippen molar-refractivity contribution in [3.05, 3.63) is 82.1 Å². The minimum absolute atomic E-state index is 0.0288. The molecule has 0 fully saturated rings. The first kappa shape index (κ1) is 20.3. The molecule has 0 unspecified atom stereocenters. The maximum Gasteiger partial charge on any atom is 0.244 e. The van der Waals surface area contributed by atoms with Gasteiger partial charge < -0.3 is 19.9 Å². The lowest BCUT2D eigenvalue weighted by atomic mass is 9.84. The number of aromatic amines is 1. The topological polar surface area (TPSA) is 106 Å². The average Bonchev–Trinajstić information content (AvgIpc) is 3.13. The van der Waals surface area contributed by atoms with Gasteiger partial charge in [-0.15, -0.1) is 5.10 Å². The fourth-order valence-corrected chi connectivity index (χ4v) is 3.57. The number of H-pyrrole nitrogens is 1. The molecule has 1 aliphatic rings. The molecular formula is C23H21FN4O3. The zero-order valence-corrected chi connectivity index (χ0v) is 17.1. The van der Waals surface area contributed by atoms with Crippen LogP contribution in [0, 0.1) is 24.1 Å². The monoisotopic (exact) mass is 420 g/mol. The van der Waals surface area contributed by atoms with Crippen LogP contribution in [0.2, 0.25) is 0 Å². The van der Waals surface area contributed by atoms with E-state index in [0.29, 0.717) is 29.6 Å². The number of rotatable bonds is 6. The third kappa shape index (κ3) is 3.90. The van der Waals surface area contributed by atoms with Crippen molar-refractivity contribution in [3.8, 4) is 23.4 Å². The number of hydrogen-bond acceptors (Lipinski definition) is 6. The summed E-state index contributed by atoms with van der Waals surface area (Å²) in [5, 5.41) is 16.8. The number of aromatic nitrogens is 2. The van der Waals surface area contributed by atoms with Gasteiger partial charge in [0.05, 0.1) is 12.5 Å². The Morgan fingerprint density at radius 3 is 2.68 bits per heavy atom. The second-order valence-electron chi connectivity index (χ2n) is 7.05. The zero-order chi connectivity index (χ0) is 22.0. The summed E-state index contributed by atoms with van der Waals surface area (Å²) >= 11 is 0. The number of nitrogens with zero attached hydrogens (tertiary/aromatic N) is 2. The van der Waals surface area contributed by atoms with Gasteiger partial charge in [0, 0.05) is 11.3 Å². The Hall–Kier alpha value is -3.99. The predicted molar refractivity (Wildman–Crippen MR) is 111 cm³/mol. The van der Waals surface area contributed by atoms with Crippen molar-refractivity contribution in [1.29, 1.82) is 5.26 Å². The van der Waals surface area contributed by atoms with Crippen molar-refractivity contribution < 1.29 is 18.6 Å². The Bertz CT molecular complexity index is 1180. The lowest BCUT2D eigenvalue weighted by molar-refractivity contribution is 0.269. The van der Waals surface area contributed by atoms with Gasteiger partial charge in [-0.3, -0.25) is 5.10 Å². The first-order valence-corrected chi connectivity index (χ1v) is 9.78. The molecule has 7 nitrogen and oxygen atoms in total. The Morgan fingerprint density at radius 2 is 1.97 bits per heavy atom. The van der Waals surface area contributed by atoms with Crippen LogP contribution in [0.3, 0.4) is 0 Å². The first-order valence-electron chi connectivity index (χ1n) is 9.78. The molecule has 2 heterocycles. The van der Waals surface area contributed by atoms with Crippen molar-refractivity contribution in [2.24, 2.45) is 5.73 Å². The van der Waals surface area contributed by atoms with E-state index in [-0.39, 0.29) is 18.3 Å². The number of aryl methyl sites for hydroxylation is 1. The van der Waals surface area contributed by atoms with Crippen LogP contribution < -0.4 is 19.9 Å². The van der Waals surface area contributed by atoms with Crippen molar-refractivity contribution >= 4 is 0 Å². The highest BCUT2D eigenvalue weighted by Gasteiger charge is 2.34. The molecule has 3 aromatic rings. The van der Waals surface area contributed by atoms with E-state index in [4.69, 9.17) is 19.9 Å². The molecule has 3 N–H and O–H groups in total. The smallest absolute Gasteiger partial charge is 0.244 e. The van der Waals surface area contributed by atoms with Gasteiger partial charge in [0.1, 0.15) is 24.1 Å². The highest BCUT2D eigenvalue weighted by atomic mass is 19.1. The molecule has 31 heavy (non-hydrogen) atoms. The molecule has 1 atom stereocenters. The number of nitrogens with two attached hydrogens (primary N) is 1. The minimum atomic E-state index is -0.446. The number of nitriles is 1. The lowest BCUT2D eigenvalue weighted by Crippen LogP contribution is -2.21. The largest absolute Gasteiger partial charge is 0.490 e. The van der Waals surface area contributed by atoms with E-state index in [1.165, 1.54) is 12.1 Å². The number of nitrogens with one attached hydrogen (secondary N) is 1. The molecule has 0 radical (unpaired) electrons. The van der Waals surface area contributed by atoms with Crippen LogP contribution in [0.4, 0.5) is 4.39 Å². The van der Waals surface area contributed by atoms with Crippen molar-refractivity contribution in [2.75, 3.05) is 6.61 Å². The predicted octanol–water partition coefficient (Wildman–Crippen LogP) is 4.05. The van der Waals surface area contributed by atoms with E-state index in [2.05, 4.69) is 16.3 Å². The Kier molecular flexibility index (Phi) is 5.50. The van der Waals surface area contributed by atoms with Gasteiger partial charge in [-0.05, 0) is 49.2 Å². The quantitative estimate of drug-likeness (QED) is 0.623. The van der Waals surface area contributed by atoms with E-state index < -0.39 is 5.92 Å². The van der Waals surface area contributed by atoms with Crippen LogP contribution in [0.5, 0.6) is 17.4 Å². The van der Waals surface area contributed by atoms with Gasteiger partial charge in [0.2, 0.25) is 11.8 Å². The molecule has 0 spiro atoms. The van der Waals surface area contributed by atoms with E-state index in [1.807, 2.05) is 26.0 Å². The molecule has 1 aromatic heterocycles. The number of benzene rings is 2. The van der Waals surface area contributed by atoms with Gasteiger partial charge in [-0.2, -0.15) is 5.26 Å². The van der Waals surface area contributed by atoms with Crippen LogP contribution >= 0.6 is 0 Å². The molecule has 158 valence electrons. The molecule has 4 rings (SSSR count). The standard InChI is InChI=1S/C23H21FN4O3/c1-3-29-19-10-15(6-9-18(19)30-12-14-4-7-16(24)8-5-14)21-17(11-25)22(26)31-23-20(21)13(2)27-28-23/h4-10,21H,3,12,26H2,1-2H3,(H,27,28)/t21-/m0/s1. The number of halogens is 1. The summed E-state index contributed by atoms with van der Waals surface area (Å²) in [5.74, 6) is 0.718. The normalized spacial score (nSPS) is 15.1. The Morgan fingerprint density at radius 1 is 1.19 bits per heavy atom. The molecule has 0 aliphatic carbocycles.